The van der Waals surface area contributed by atoms with Crippen molar-refractivity contribution in [3.8, 4) is 0 Å². The molecule has 1 amide bonds. The minimum Gasteiger partial charge on any atom is -0.822 e. The number of hydrogen-bond donors (Lipinski definition) is 4. The molecule has 0 spiro atoms. The number of hydrogen-bond acceptors (Lipinski definition) is 7. The van der Waals surface area contributed by atoms with Crippen molar-refractivity contribution in [3.63, 3.8) is 0 Å². The summed E-state index contributed by atoms with van der Waals surface area (Å²) in [6.45, 7) is 2.55. The standard InChI is InChI=1S/C16H27N5O.H3O4P/c1-12(11-13-7-3-2-4-8-13)21-15(22)14(17)9-5-6-10-20-16(18)19;1-5(2,3)4/h2-4,7-8,12,14H,5-6,9-11,17H2,1H3,(H,21,22)(H4,18,19,20);(H3,1,2,3,4)/p-3. The lowest BCUT2D eigenvalue weighted by Gasteiger charge is -2.36. The van der Waals surface area contributed by atoms with Gasteiger partial charge in [0.15, 0.2) is 5.96 Å². The predicted molar refractivity (Wildman–Crippen MR) is 97.9 cm³/mol. The minimum atomic E-state index is -5.39. The molecule has 0 heterocycles. The molecule has 1 aromatic rings. The SMILES string of the molecule is CC(Cc1ccccc1)NC(=O)C(N)CCCCN=C(N)N.O=P([O-])([O-])[O-]. The average Bonchev–Trinajstić information content (AvgIpc) is 2.53. The second-order valence-corrected chi connectivity index (χ2v) is 6.85. The Bertz CT molecular complexity index is 611. The van der Waals surface area contributed by atoms with Gasteiger partial charge in [-0.15, -0.1) is 0 Å². The second kappa shape index (κ2) is 13.2. The number of carbonyl (C=O) groups is 1. The number of nitrogens with zero attached hydrogens (tertiary/aromatic N) is 1. The lowest BCUT2D eigenvalue weighted by atomic mass is 10.1. The first-order valence-corrected chi connectivity index (χ1v) is 9.83. The molecule has 0 radical (unpaired) electrons. The van der Waals surface area contributed by atoms with E-state index in [0.29, 0.717) is 13.0 Å². The Morgan fingerprint density at radius 1 is 1.19 bits per heavy atom. The van der Waals surface area contributed by atoms with E-state index in [1.54, 1.807) is 0 Å². The van der Waals surface area contributed by atoms with Gasteiger partial charge in [0.05, 0.1) is 6.04 Å². The summed E-state index contributed by atoms with van der Waals surface area (Å²) in [5.74, 6) is -0.0120. The smallest absolute Gasteiger partial charge is 0.237 e. The quantitative estimate of drug-likeness (QED) is 0.153. The number of aliphatic imine (C=N–C) groups is 1. The molecule has 2 unspecified atom stereocenters. The van der Waals surface area contributed by atoms with Crippen molar-refractivity contribution < 1.29 is 24.0 Å². The predicted octanol–water partition coefficient (Wildman–Crippen LogP) is -2.32. The van der Waals surface area contributed by atoms with Crippen LogP contribution in [0.1, 0.15) is 31.7 Å². The lowest BCUT2D eigenvalue weighted by Crippen LogP contribution is -2.45. The molecule has 0 fully saturated rings. The molecule has 2 atom stereocenters. The Morgan fingerprint density at radius 2 is 1.74 bits per heavy atom. The molecular weight excluding hydrogens is 373 g/mol. The summed E-state index contributed by atoms with van der Waals surface area (Å²) in [4.78, 5) is 41.6. The first kappa shape index (κ1) is 25.0. The zero-order chi connectivity index (χ0) is 20.9. The van der Waals surface area contributed by atoms with Crippen molar-refractivity contribution in [2.75, 3.05) is 6.54 Å². The summed E-state index contributed by atoms with van der Waals surface area (Å²) < 4.78 is 8.55. The molecule has 27 heavy (non-hydrogen) atoms. The maximum absolute atomic E-state index is 12.0. The molecular formula is C16H27N5O5P-3. The normalized spacial score (nSPS) is 12.9. The van der Waals surface area contributed by atoms with Gasteiger partial charge < -0.3 is 41.8 Å². The number of carbonyl (C=O) groups excluding carboxylic acids is 1. The first-order valence-electron chi connectivity index (χ1n) is 8.37. The van der Waals surface area contributed by atoms with Gasteiger partial charge >= 0.3 is 0 Å². The van der Waals surface area contributed by atoms with E-state index in [2.05, 4.69) is 10.3 Å². The number of nitrogens with two attached hydrogens (primary N) is 3. The maximum Gasteiger partial charge on any atom is 0.237 e. The Labute approximate surface area is 159 Å². The van der Waals surface area contributed by atoms with Gasteiger partial charge in [0, 0.05) is 12.6 Å². The van der Waals surface area contributed by atoms with Gasteiger partial charge in [0.1, 0.15) is 0 Å². The summed E-state index contributed by atoms with van der Waals surface area (Å²) in [5, 5.41) is 2.96. The summed E-state index contributed by atoms with van der Waals surface area (Å²) in [6, 6.07) is 9.63. The highest BCUT2D eigenvalue weighted by Crippen LogP contribution is 2.04. The number of nitrogens with one attached hydrogen (secondary N) is 1. The van der Waals surface area contributed by atoms with E-state index in [1.807, 2.05) is 37.3 Å². The van der Waals surface area contributed by atoms with Gasteiger partial charge in [0.2, 0.25) is 5.91 Å². The molecule has 11 heteroatoms. The van der Waals surface area contributed by atoms with Crippen molar-refractivity contribution in [1.29, 1.82) is 0 Å². The van der Waals surface area contributed by atoms with Crippen molar-refractivity contribution >= 4 is 19.7 Å². The largest absolute Gasteiger partial charge is 0.822 e. The van der Waals surface area contributed by atoms with Crippen LogP contribution < -0.4 is 37.2 Å². The Morgan fingerprint density at radius 3 is 2.26 bits per heavy atom. The molecule has 10 nitrogen and oxygen atoms in total. The molecule has 0 saturated heterocycles. The minimum absolute atomic E-state index is 0.0580. The molecule has 0 aliphatic heterocycles. The molecule has 0 aliphatic rings. The van der Waals surface area contributed by atoms with Gasteiger partial charge in [-0.05, 0) is 38.2 Å². The number of amides is 1. The van der Waals surface area contributed by atoms with E-state index in [-0.39, 0.29) is 17.9 Å². The fraction of sp³-hybridized carbons (Fsp3) is 0.500. The Kier molecular flexibility index (Phi) is 12.3. The van der Waals surface area contributed by atoms with Gasteiger partial charge in [-0.25, -0.2) is 0 Å². The molecule has 0 bridgehead atoms. The molecule has 154 valence electrons. The monoisotopic (exact) mass is 400 g/mol. The van der Waals surface area contributed by atoms with Crippen LogP contribution in [0.2, 0.25) is 0 Å². The third-order valence-corrected chi connectivity index (χ3v) is 3.33. The molecule has 0 aliphatic carbocycles. The molecule has 7 N–H and O–H groups in total. The highest BCUT2D eigenvalue weighted by Gasteiger charge is 2.15. The first-order chi connectivity index (χ1) is 12.5. The van der Waals surface area contributed by atoms with Crippen LogP contribution in [0.4, 0.5) is 0 Å². The molecule has 0 saturated carbocycles. The van der Waals surface area contributed by atoms with Crippen LogP contribution in [0.3, 0.4) is 0 Å². The fourth-order valence-electron chi connectivity index (χ4n) is 2.18. The average molecular weight is 400 g/mol. The maximum atomic E-state index is 12.0. The fourth-order valence-corrected chi connectivity index (χ4v) is 2.18. The Hall–Kier alpha value is -1.97. The molecule has 1 rings (SSSR count). The zero-order valence-corrected chi connectivity index (χ0v) is 16.1. The van der Waals surface area contributed by atoms with E-state index < -0.39 is 13.9 Å². The van der Waals surface area contributed by atoms with Crippen molar-refractivity contribution in [2.24, 2.45) is 22.2 Å². The highest BCUT2D eigenvalue weighted by atomic mass is 31.2. The van der Waals surface area contributed by atoms with Crippen LogP contribution in [-0.2, 0) is 15.8 Å². The summed E-state index contributed by atoms with van der Waals surface area (Å²) in [6.07, 6.45) is 3.06. The van der Waals surface area contributed by atoms with Crippen LogP contribution >= 0.6 is 7.82 Å². The lowest BCUT2D eigenvalue weighted by molar-refractivity contribution is -0.432. The number of phosphoric acid groups is 1. The number of guanidine groups is 1. The van der Waals surface area contributed by atoms with Gasteiger partial charge in [-0.2, -0.15) is 7.82 Å². The van der Waals surface area contributed by atoms with E-state index in [4.69, 9.17) is 36.4 Å². The van der Waals surface area contributed by atoms with E-state index in [9.17, 15) is 4.79 Å². The topological polar surface area (TPSA) is 206 Å². The Balaban J connectivity index is 0.00000119. The number of unbranched alkanes of at least 4 members (excludes halogenated alkanes) is 1. The van der Waals surface area contributed by atoms with E-state index >= 15 is 0 Å². The van der Waals surface area contributed by atoms with Crippen molar-refractivity contribution in [1.82, 2.24) is 5.32 Å². The highest BCUT2D eigenvalue weighted by molar-refractivity contribution is 7.40. The van der Waals surface area contributed by atoms with Crippen LogP contribution in [0.25, 0.3) is 0 Å². The van der Waals surface area contributed by atoms with E-state index in [1.165, 1.54) is 5.56 Å². The molecule has 0 aromatic heterocycles. The van der Waals surface area contributed by atoms with E-state index in [0.717, 1.165) is 19.3 Å². The van der Waals surface area contributed by atoms with Crippen molar-refractivity contribution in [2.45, 2.75) is 44.7 Å². The summed E-state index contributed by atoms with van der Waals surface area (Å²) in [7, 11) is -5.39. The van der Waals surface area contributed by atoms with Crippen LogP contribution in [0.15, 0.2) is 35.3 Å². The second-order valence-electron chi connectivity index (χ2n) is 5.96. The summed E-state index contributed by atoms with van der Waals surface area (Å²) in [5.41, 5.74) is 17.6. The van der Waals surface area contributed by atoms with Crippen LogP contribution in [0, 0.1) is 0 Å². The number of benzene rings is 1. The van der Waals surface area contributed by atoms with Gasteiger partial charge in [-0.1, -0.05) is 30.3 Å². The molecule has 1 aromatic carbocycles. The van der Waals surface area contributed by atoms with Gasteiger partial charge in [0.25, 0.3) is 0 Å². The summed E-state index contributed by atoms with van der Waals surface area (Å²) >= 11 is 0. The van der Waals surface area contributed by atoms with Gasteiger partial charge in [-0.3, -0.25) is 9.79 Å². The third-order valence-electron chi connectivity index (χ3n) is 3.33. The zero-order valence-electron chi connectivity index (χ0n) is 15.2. The van der Waals surface area contributed by atoms with Crippen molar-refractivity contribution in [3.05, 3.63) is 35.9 Å². The van der Waals surface area contributed by atoms with Crippen LogP contribution in [-0.4, -0.2) is 30.5 Å². The van der Waals surface area contributed by atoms with Crippen LogP contribution in [0.5, 0.6) is 0 Å². The number of rotatable bonds is 9. The third kappa shape index (κ3) is 17.2.